The molecule has 0 aromatic carbocycles. The molecule has 0 aromatic rings. The molecule has 42 valence electrons. The largest absolute Gasteiger partial charge is 0.465 e. The number of amides is 1. The third kappa shape index (κ3) is 58.7. The molecule has 0 spiro atoms. The lowest BCUT2D eigenvalue weighted by molar-refractivity contribution is 0.205. The van der Waals surface area contributed by atoms with Gasteiger partial charge in [-0.3, -0.25) is 0 Å². The van der Waals surface area contributed by atoms with E-state index in [1.165, 1.54) is 0 Å². The third-order valence-corrected chi connectivity index (χ3v) is 0. The maximum absolute atomic E-state index is 8.78. The Hall–Kier alpha value is -0.910. The Bertz CT molecular complexity index is 79.7. The van der Waals surface area contributed by atoms with Crippen LogP contribution in [0.5, 0.6) is 0 Å². The number of nitrogens with two attached hydrogens (primary N) is 1. The highest BCUT2D eigenvalue weighted by Crippen LogP contribution is 1.34. The quantitative estimate of drug-likeness (QED) is 0.431. The van der Waals surface area contributed by atoms with Crippen molar-refractivity contribution in [3.05, 3.63) is 0 Å². The second-order valence-corrected chi connectivity index (χ2v) is 0.542. The predicted molar refractivity (Wildman–Crippen MR) is 21.1 cm³/mol. The van der Waals surface area contributed by atoms with Crippen LogP contribution in [0.1, 0.15) is 0 Å². The molecule has 0 rings (SSSR count). The zero-order valence-electron chi connectivity index (χ0n) is 3.16. The summed E-state index contributed by atoms with van der Waals surface area (Å²) < 4.78 is 16.6. The van der Waals surface area contributed by atoms with E-state index in [1.54, 1.807) is 0 Å². The molecule has 1 amide bonds. The minimum atomic E-state index is -1.33. The van der Waals surface area contributed by atoms with Crippen molar-refractivity contribution in [1.82, 2.24) is 0 Å². The summed E-state index contributed by atoms with van der Waals surface area (Å²) in [6.45, 7) is 0. The second-order valence-electron chi connectivity index (χ2n) is 0.406. The molecule has 0 heterocycles. The fraction of sp³-hybridized carbons (Fsp3) is 0. The average Bonchev–Trinajstić information content (AvgIpc) is 1.33. The minimum absolute atomic E-state index is 0.750. The molecule has 0 aliphatic carbocycles. The Morgan fingerprint density at radius 2 is 1.57 bits per heavy atom. The van der Waals surface area contributed by atoms with Crippen LogP contribution in [0, 0.1) is 0 Å². The van der Waals surface area contributed by atoms with E-state index < -0.39 is 17.7 Å². The van der Waals surface area contributed by atoms with Crippen LogP contribution in [0.2, 0.25) is 0 Å². The minimum Gasteiger partial charge on any atom is -0.465 e. The molecule has 6 heteroatoms. The van der Waals surface area contributed by atoms with Crippen molar-refractivity contribution in [2.75, 3.05) is 0 Å². The number of hydrogen-bond acceptors (Lipinski definition) is 3. The first-order chi connectivity index (χ1) is 3.15. The summed E-state index contributed by atoms with van der Waals surface area (Å²) in [7, 11) is 0. The van der Waals surface area contributed by atoms with Crippen molar-refractivity contribution in [2.24, 2.45) is 5.73 Å². The number of primary amides is 1. The molecule has 0 radical (unpaired) electrons. The maximum Gasteiger partial charge on any atom is 0.402 e. The van der Waals surface area contributed by atoms with Crippen LogP contribution in [0.15, 0.2) is 0 Å². The summed E-state index contributed by atoms with van der Waals surface area (Å²) in [5.41, 5.74) is 4.03. The fourth-order valence-electron chi connectivity index (χ4n) is 0. The fourth-order valence-corrected chi connectivity index (χ4v) is 0. The van der Waals surface area contributed by atoms with Gasteiger partial charge >= 0.3 is 17.7 Å². The summed E-state index contributed by atoms with van der Waals surface area (Å²) in [6.07, 6.45) is -1.33. The second kappa shape index (κ2) is 8.92. The van der Waals surface area contributed by atoms with Crippen molar-refractivity contribution in [3.8, 4) is 0 Å². The van der Waals surface area contributed by atoms with Gasteiger partial charge in [-0.2, -0.15) is 8.42 Å². The van der Waals surface area contributed by atoms with Crippen LogP contribution >= 0.6 is 0 Å². The molecule has 0 atom stereocenters. The van der Waals surface area contributed by atoms with E-state index in [0.717, 1.165) is 0 Å². The lowest BCUT2D eigenvalue weighted by Crippen LogP contribution is -2.03. The monoisotopic (exact) mass is 125 g/mol. The van der Waals surface area contributed by atoms with Crippen molar-refractivity contribution in [1.29, 1.82) is 0 Å². The van der Waals surface area contributed by atoms with Gasteiger partial charge in [0.05, 0.1) is 0 Å². The highest BCUT2D eigenvalue weighted by Gasteiger charge is 1.65. The van der Waals surface area contributed by atoms with E-state index in [9.17, 15) is 0 Å². The maximum atomic E-state index is 8.78. The van der Waals surface area contributed by atoms with E-state index in [4.69, 9.17) is 18.3 Å². The van der Waals surface area contributed by atoms with E-state index in [0.29, 0.717) is 0 Å². The number of hydrogen-bond donors (Lipinski definition) is 2. The Morgan fingerprint density at radius 1 is 1.57 bits per heavy atom. The van der Waals surface area contributed by atoms with Gasteiger partial charge in [-0.05, 0) is 0 Å². The molecule has 3 N–H and O–H groups in total. The highest BCUT2D eigenvalue weighted by atomic mass is 32.1. The Balaban J connectivity index is 0. The lowest BCUT2D eigenvalue weighted by Gasteiger charge is -1.61. The molecular weight excluding hydrogens is 122 g/mol. The van der Waals surface area contributed by atoms with Crippen LogP contribution < -0.4 is 5.73 Å². The standard InChI is InChI=1S/CH3NO2.O2S/c2-1(3)4;1-3-2/h2H2,(H,3,4);. The summed E-state index contributed by atoms with van der Waals surface area (Å²) in [6, 6.07) is 0. The van der Waals surface area contributed by atoms with Gasteiger partial charge in [0.15, 0.2) is 0 Å². The van der Waals surface area contributed by atoms with Crippen molar-refractivity contribution < 1.29 is 18.3 Å². The zero-order valence-corrected chi connectivity index (χ0v) is 3.97. The van der Waals surface area contributed by atoms with Gasteiger partial charge < -0.3 is 10.8 Å². The SMILES string of the molecule is NC(=O)O.O=S=O. The number of carboxylic acid groups (broad SMARTS) is 1. The lowest BCUT2D eigenvalue weighted by atomic mass is 11.3. The first-order valence-corrected chi connectivity index (χ1v) is 1.72. The summed E-state index contributed by atoms with van der Waals surface area (Å²) in [5.74, 6) is 0. The Kier molecular flexibility index (Phi) is 12.0. The molecule has 5 nitrogen and oxygen atoms in total. The Labute approximate surface area is 42.7 Å². The first kappa shape index (κ1) is 9.43. The van der Waals surface area contributed by atoms with Crippen molar-refractivity contribution in [3.63, 3.8) is 0 Å². The predicted octanol–water partition coefficient (Wildman–Crippen LogP) is -1.05. The normalized spacial score (nSPS) is 5.14. The first-order valence-electron chi connectivity index (χ1n) is 1.05. The molecule has 7 heavy (non-hydrogen) atoms. The zero-order chi connectivity index (χ0) is 6.28. The van der Waals surface area contributed by atoms with Crippen LogP contribution in [0.3, 0.4) is 0 Å². The van der Waals surface area contributed by atoms with Crippen molar-refractivity contribution >= 4 is 17.7 Å². The molecule has 0 fully saturated rings. The molecule has 0 aromatic heterocycles. The van der Waals surface area contributed by atoms with Crippen LogP contribution in [0.25, 0.3) is 0 Å². The summed E-state index contributed by atoms with van der Waals surface area (Å²) in [4.78, 5) is 8.78. The summed E-state index contributed by atoms with van der Waals surface area (Å²) in [5, 5.41) is 7.19. The molecular formula is CH3NO4S. The van der Waals surface area contributed by atoms with Gasteiger partial charge in [0.1, 0.15) is 0 Å². The van der Waals surface area contributed by atoms with Crippen LogP contribution in [0.4, 0.5) is 4.79 Å². The van der Waals surface area contributed by atoms with E-state index in [-0.39, 0.29) is 0 Å². The highest BCUT2D eigenvalue weighted by molar-refractivity contribution is 7.51. The van der Waals surface area contributed by atoms with Gasteiger partial charge in [-0.15, -0.1) is 0 Å². The Morgan fingerprint density at radius 3 is 1.57 bits per heavy atom. The molecule has 0 aliphatic rings. The van der Waals surface area contributed by atoms with Gasteiger partial charge in [-0.25, -0.2) is 4.79 Å². The number of rotatable bonds is 0. The van der Waals surface area contributed by atoms with E-state index in [1.807, 2.05) is 0 Å². The average molecular weight is 125 g/mol. The van der Waals surface area contributed by atoms with Crippen LogP contribution in [-0.4, -0.2) is 19.6 Å². The van der Waals surface area contributed by atoms with E-state index in [2.05, 4.69) is 5.73 Å². The molecule has 0 saturated heterocycles. The van der Waals surface area contributed by atoms with Gasteiger partial charge in [0.2, 0.25) is 0 Å². The molecule has 0 unspecified atom stereocenters. The van der Waals surface area contributed by atoms with Crippen molar-refractivity contribution in [2.45, 2.75) is 0 Å². The smallest absolute Gasteiger partial charge is 0.402 e. The van der Waals surface area contributed by atoms with Gasteiger partial charge in [0.25, 0.3) is 0 Å². The van der Waals surface area contributed by atoms with Gasteiger partial charge in [-0.1, -0.05) is 0 Å². The third-order valence-electron chi connectivity index (χ3n) is 0. The molecule has 0 saturated carbocycles. The molecule has 0 bridgehead atoms. The van der Waals surface area contributed by atoms with Gasteiger partial charge in [0, 0.05) is 0 Å². The molecule has 0 aliphatic heterocycles. The number of carbonyl (C=O) groups is 1. The topological polar surface area (TPSA) is 97.5 Å². The van der Waals surface area contributed by atoms with E-state index >= 15 is 0 Å². The van der Waals surface area contributed by atoms with Crippen LogP contribution in [-0.2, 0) is 11.6 Å². The summed E-state index contributed by atoms with van der Waals surface area (Å²) >= 11 is -0.750.